The van der Waals surface area contributed by atoms with Crippen LogP contribution in [0.25, 0.3) is 22.6 Å². The minimum absolute atomic E-state index is 0.220. The van der Waals surface area contributed by atoms with Gasteiger partial charge in [0.1, 0.15) is 11.3 Å². The minimum Gasteiger partial charge on any atom is -0.494 e. The van der Waals surface area contributed by atoms with E-state index in [0.29, 0.717) is 34.2 Å². The largest absolute Gasteiger partial charge is 0.494 e. The summed E-state index contributed by atoms with van der Waals surface area (Å²) >= 11 is 6.59. The molecule has 0 aliphatic rings. The summed E-state index contributed by atoms with van der Waals surface area (Å²) in [6.07, 6.45) is 0. The first-order valence-corrected chi connectivity index (χ1v) is 10.2. The highest BCUT2D eigenvalue weighted by Crippen LogP contribution is 2.27. The van der Waals surface area contributed by atoms with Crippen molar-refractivity contribution in [3.05, 3.63) is 64.9 Å². The number of ether oxygens (including phenoxy) is 1. The average Bonchev–Trinajstić information content (AvgIpc) is 3.38. The van der Waals surface area contributed by atoms with Crippen LogP contribution in [0, 0.1) is 0 Å². The first-order valence-electron chi connectivity index (χ1n) is 8.92. The van der Waals surface area contributed by atoms with Gasteiger partial charge in [-0.05, 0) is 73.1 Å². The van der Waals surface area contributed by atoms with Gasteiger partial charge in [-0.3, -0.25) is 10.1 Å². The third kappa shape index (κ3) is 4.44. The van der Waals surface area contributed by atoms with Crippen LogP contribution in [0.4, 0.5) is 5.69 Å². The van der Waals surface area contributed by atoms with Crippen LogP contribution in [0.2, 0.25) is 0 Å². The zero-order valence-electron chi connectivity index (χ0n) is 15.5. The second-order valence-corrected chi connectivity index (χ2v) is 7.40. The van der Waals surface area contributed by atoms with E-state index in [1.807, 2.05) is 60.8 Å². The maximum atomic E-state index is 12.1. The number of thiophene rings is 1. The third-order valence-electron chi connectivity index (χ3n) is 4.03. The number of rotatable bonds is 5. The molecular weight excluding hydrogens is 406 g/mol. The number of carbonyl (C=O) groups excluding carboxylic acids is 1. The van der Waals surface area contributed by atoms with Crippen LogP contribution >= 0.6 is 23.6 Å². The molecule has 4 rings (SSSR count). The Balaban J connectivity index is 1.48. The molecule has 0 saturated heterocycles. The van der Waals surface area contributed by atoms with Gasteiger partial charge in [-0.1, -0.05) is 6.07 Å². The molecule has 0 unspecified atom stereocenters. The number of anilines is 1. The molecule has 0 bridgehead atoms. The Hall–Kier alpha value is -3.23. The van der Waals surface area contributed by atoms with Gasteiger partial charge < -0.3 is 14.5 Å². The van der Waals surface area contributed by atoms with Crippen molar-refractivity contribution in [1.82, 2.24) is 10.3 Å². The molecule has 0 saturated carbocycles. The summed E-state index contributed by atoms with van der Waals surface area (Å²) in [5.74, 6) is 1.09. The number of nitrogens with one attached hydrogen (secondary N) is 2. The van der Waals surface area contributed by atoms with Crippen molar-refractivity contribution < 1.29 is 13.9 Å². The lowest BCUT2D eigenvalue weighted by Gasteiger charge is -2.08. The Kier molecular flexibility index (Phi) is 5.55. The fourth-order valence-corrected chi connectivity index (χ4v) is 3.55. The fourth-order valence-electron chi connectivity index (χ4n) is 2.72. The summed E-state index contributed by atoms with van der Waals surface area (Å²) in [5.41, 5.74) is 2.91. The molecule has 0 spiro atoms. The zero-order chi connectivity index (χ0) is 20.2. The number of fused-ring (bicyclic) bond motifs is 1. The van der Waals surface area contributed by atoms with Crippen molar-refractivity contribution in [3.8, 4) is 17.2 Å². The summed E-state index contributed by atoms with van der Waals surface area (Å²) in [5, 5.41) is 7.72. The summed E-state index contributed by atoms with van der Waals surface area (Å²) in [6, 6.07) is 16.6. The number of hydrogen-bond acceptors (Lipinski definition) is 6. The van der Waals surface area contributed by atoms with Crippen LogP contribution < -0.4 is 15.4 Å². The Morgan fingerprint density at radius 2 is 2.03 bits per heavy atom. The van der Waals surface area contributed by atoms with Crippen LogP contribution in [0.5, 0.6) is 5.75 Å². The normalized spacial score (nSPS) is 10.7. The Morgan fingerprint density at radius 3 is 2.76 bits per heavy atom. The standard InChI is InChI=1S/C21H17N3O3S2/c1-2-26-15-8-5-13(6-9-15)20-23-16-12-14(7-10-17(16)27-20)22-21(28)24-19(25)18-4-3-11-29-18/h3-12H,2H2,1H3,(H2,22,24,25,28). The molecule has 0 atom stereocenters. The van der Waals surface area contributed by atoms with E-state index in [1.54, 1.807) is 6.07 Å². The first kappa shape index (κ1) is 19.1. The van der Waals surface area contributed by atoms with Gasteiger partial charge in [0.2, 0.25) is 5.89 Å². The van der Waals surface area contributed by atoms with E-state index in [1.165, 1.54) is 11.3 Å². The fraction of sp³-hybridized carbons (Fsp3) is 0.0952. The van der Waals surface area contributed by atoms with Crippen LogP contribution in [0.3, 0.4) is 0 Å². The number of benzene rings is 2. The van der Waals surface area contributed by atoms with Gasteiger partial charge in [-0.2, -0.15) is 0 Å². The summed E-state index contributed by atoms with van der Waals surface area (Å²) < 4.78 is 11.3. The molecule has 1 amide bonds. The molecule has 0 fully saturated rings. The van der Waals surface area contributed by atoms with Crippen LogP contribution in [0.15, 0.2) is 64.4 Å². The van der Waals surface area contributed by atoms with Crippen LogP contribution in [0.1, 0.15) is 16.6 Å². The molecule has 2 N–H and O–H groups in total. The molecule has 146 valence electrons. The number of thiocarbonyl (C=S) groups is 1. The monoisotopic (exact) mass is 423 g/mol. The van der Waals surface area contributed by atoms with Crippen molar-refractivity contribution in [2.75, 3.05) is 11.9 Å². The van der Waals surface area contributed by atoms with Crippen molar-refractivity contribution in [2.24, 2.45) is 0 Å². The lowest BCUT2D eigenvalue weighted by Crippen LogP contribution is -2.33. The number of carbonyl (C=O) groups is 1. The number of oxazole rings is 1. The topological polar surface area (TPSA) is 76.4 Å². The zero-order valence-corrected chi connectivity index (χ0v) is 17.1. The number of aromatic nitrogens is 1. The molecule has 4 aromatic rings. The molecule has 0 aliphatic carbocycles. The van der Waals surface area contributed by atoms with Gasteiger partial charge in [0.25, 0.3) is 5.91 Å². The second kappa shape index (κ2) is 8.42. The molecule has 2 heterocycles. The maximum Gasteiger partial charge on any atom is 0.267 e. The quantitative estimate of drug-likeness (QED) is 0.436. The highest BCUT2D eigenvalue weighted by atomic mass is 32.1. The van der Waals surface area contributed by atoms with Gasteiger partial charge in [0.05, 0.1) is 11.5 Å². The SMILES string of the molecule is CCOc1ccc(-c2nc3cc(NC(=S)NC(=O)c4cccs4)ccc3o2)cc1. The van der Waals surface area contributed by atoms with E-state index in [0.717, 1.165) is 11.3 Å². The van der Waals surface area contributed by atoms with E-state index >= 15 is 0 Å². The minimum atomic E-state index is -0.238. The Bertz CT molecular complexity index is 1150. The van der Waals surface area contributed by atoms with Crippen molar-refractivity contribution in [2.45, 2.75) is 6.92 Å². The van der Waals surface area contributed by atoms with E-state index in [2.05, 4.69) is 15.6 Å². The number of nitrogens with zero attached hydrogens (tertiary/aromatic N) is 1. The van der Waals surface area contributed by atoms with Crippen LogP contribution in [-0.4, -0.2) is 22.6 Å². The van der Waals surface area contributed by atoms with E-state index in [4.69, 9.17) is 21.4 Å². The van der Waals surface area contributed by atoms with Gasteiger partial charge >= 0.3 is 0 Å². The molecule has 6 nitrogen and oxygen atoms in total. The van der Waals surface area contributed by atoms with E-state index < -0.39 is 0 Å². The van der Waals surface area contributed by atoms with Gasteiger partial charge in [0.15, 0.2) is 10.7 Å². The summed E-state index contributed by atoms with van der Waals surface area (Å²) in [4.78, 5) is 17.2. The van der Waals surface area contributed by atoms with Gasteiger partial charge in [-0.15, -0.1) is 11.3 Å². The first-order chi connectivity index (χ1) is 14.1. The number of amides is 1. The molecule has 0 radical (unpaired) electrons. The van der Waals surface area contributed by atoms with Crippen LogP contribution in [-0.2, 0) is 0 Å². The third-order valence-corrected chi connectivity index (χ3v) is 5.10. The molecule has 2 aromatic heterocycles. The summed E-state index contributed by atoms with van der Waals surface area (Å²) in [7, 11) is 0. The Morgan fingerprint density at radius 1 is 1.21 bits per heavy atom. The smallest absolute Gasteiger partial charge is 0.267 e. The second-order valence-electron chi connectivity index (χ2n) is 6.04. The lowest BCUT2D eigenvalue weighted by molar-refractivity contribution is 0.0981. The maximum absolute atomic E-state index is 12.1. The van der Waals surface area contributed by atoms with E-state index in [9.17, 15) is 4.79 Å². The molecule has 8 heteroatoms. The molecule has 2 aromatic carbocycles. The van der Waals surface area contributed by atoms with Crippen molar-refractivity contribution in [1.29, 1.82) is 0 Å². The van der Waals surface area contributed by atoms with Crippen molar-refractivity contribution >= 4 is 51.4 Å². The average molecular weight is 424 g/mol. The summed E-state index contributed by atoms with van der Waals surface area (Å²) in [6.45, 7) is 2.56. The molecule has 0 aliphatic heterocycles. The van der Waals surface area contributed by atoms with E-state index in [-0.39, 0.29) is 11.0 Å². The molecule has 29 heavy (non-hydrogen) atoms. The predicted octanol–water partition coefficient (Wildman–Crippen LogP) is 5.08. The molecular formula is C21H17N3O3S2. The van der Waals surface area contributed by atoms with Gasteiger partial charge in [-0.25, -0.2) is 4.98 Å². The Labute approximate surface area is 176 Å². The highest BCUT2D eigenvalue weighted by molar-refractivity contribution is 7.80. The highest BCUT2D eigenvalue weighted by Gasteiger charge is 2.11. The number of hydrogen-bond donors (Lipinski definition) is 2. The van der Waals surface area contributed by atoms with Gasteiger partial charge in [0, 0.05) is 11.3 Å². The predicted molar refractivity (Wildman–Crippen MR) is 119 cm³/mol. The lowest BCUT2D eigenvalue weighted by atomic mass is 10.2. The van der Waals surface area contributed by atoms with Crippen molar-refractivity contribution in [3.63, 3.8) is 0 Å².